The number of fused-ring (bicyclic) bond motifs is 1. The summed E-state index contributed by atoms with van der Waals surface area (Å²) in [6, 6.07) is 9.47. The quantitative estimate of drug-likeness (QED) is 0.353. The van der Waals surface area contributed by atoms with Crippen LogP contribution in [0.15, 0.2) is 44.4 Å². The molecule has 29 heavy (non-hydrogen) atoms. The van der Waals surface area contributed by atoms with E-state index < -0.39 is 0 Å². The van der Waals surface area contributed by atoms with Gasteiger partial charge in [0.05, 0.1) is 10.6 Å². The Morgan fingerprint density at radius 1 is 1.10 bits per heavy atom. The molecule has 0 saturated heterocycles. The van der Waals surface area contributed by atoms with Crippen molar-refractivity contribution in [3.8, 4) is 22.2 Å². The molecular weight excluding hydrogens is 428 g/mol. The van der Waals surface area contributed by atoms with Crippen molar-refractivity contribution in [1.82, 2.24) is 20.4 Å². The molecule has 1 aliphatic carbocycles. The molecule has 0 bridgehead atoms. The highest BCUT2D eigenvalue weighted by Gasteiger charge is 2.21. The molecule has 5 rings (SSSR count). The zero-order valence-electron chi connectivity index (χ0n) is 15.6. The van der Waals surface area contributed by atoms with Gasteiger partial charge >= 0.3 is 0 Å². The van der Waals surface area contributed by atoms with E-state index in [1.54, 1.807) is 23.5 Å². The van der Waals surface area contributed by atoms with Crippen molar-refractivity contribution in [2.45, 2.75) is 37.2 Å². The highest BCUT2D eigenvalue weighted by molar-refractivity contribution is 7.98. The van der Waals surface area contributed by atoms with Gasteiger partial charge < -0.3 is 8.83 Å². The van der Waals surface area contributed by atoms with Crippen molar-refractivity contribution in [1.29, 1.82) is 0 Å². The molecule has 0 radical (unpaired) electrons. The van der Waals surface area contributed by atoms with Crippen LogP contribution >= 0.6 is 34.7 Å². The Morgan fingerprint density at radius 2 is 1.93 bits per heavy atom. The van der Waals surface area contributed by atoms with E-state index in [0.29, 0.717) is 33.7 Å². The van der Waals surface area contributed by atoms with Crippen LogP contribution in [0.25, 0.3) is 22.2 Å². The molecule has 0 saturated carbocycles. The lowest BCUT2D eigenvalue weighted by molar-refractivity contribution is 0.465. The molecule has 4 aromatic rings. The zero-order chi connectivity index (χ0) is 19.8. The normalized spacial score (nSPS) is 16.1. The van der Waals surface area contributed by atoms with Gasteiger partial charge in [0.15, 0.2) is 0 Å². The summed E-state index contributed by atoms with van der Waals surface area (Å²) in [5, 5.41) is 17.7. The zero-order valence-corrected chi connectivity index (χ0v) is 18.0. The summed E-state index contributed by atoms with van der Waals surface area (Å²) >= 11 is 9.06. The molecule has 1 aromatic carbocycles. The lowest BCUT2D eigenvalue weighted by Gasteiger charge is -2.16. The number of aryl methyl sites for hydroxylation is 1. The number of hydrogen-bond donors (Lipinski definition) is 0. The smallest absolute Gasteiger partial charge is 0.277 e. The Bertz CT molecular complexity index is 1140. The fourth-order valence-corrected chi connectivity index (χ4v) is 5.18. The van der Waals surface area contributed by atoms with Crippen LogP contribution in [0.3, 0.4) is 0 Å². The van der Waals surface area contributed by atoms with Crippen LogP contribution in [-0.2, 0) is 18.6 Å². The van der Waals surface area contributed by atoms with Crippen LogP contribution in [-0.4, -0.2) is 20.4 Å². The van der Waals surface area contributed by atoms with Gasteiger partial charge in [-0.1, -0.05) is 30.3 Å². The number of rotatable bonds is 5. The first-order valence-electron chi connectivity index (χ1n) is 9.30. The summed E-state index contributed by atoms with van der Waals surface area (Å²) in [4.78, 5) is 2.50. The van der Waals surface area contributed by atoms with E-state index in [2.05, 4.69) is 33.4 Å². The largest absolute Gasteiger partial charge is 0.420 e. The number of thioether (sulfide) groups is 1. The monoisotopic (exact) mass is 444 g/mol. The van der Waals surface area contributed by atoms with Crippen LogP contribution in [0.1, 0.15) is 29.7 Å². The number of nitrogens with zero attached hydrogens (tertiary/aromatic N) is 4. The van der Waals surface area contributed by atoms with Crippen molar-refractivity contribution in [3.63, 3.8) is 0 Å². The maximum Gasteiger partial charge on any atom is 0.277 e. The molecule has 9 heteroatoms. The topological polar surface area (TPSA) is 77.8 Å². The van der Waals surface area contributed by atoms with Gasteiger partial charge in [0.1, 0.15) is 0 Å². The second-order valence-corrected chi connectivity index (χ2v) is 9.58. The predicted molar refractivity (Wildman–Crippen MR) is 113 cm³/mol. The molecule has 1 atom stereocenters. The first-order chi connectivity index (χ1) is 14.1. The van der Waals surface area contributed by atoms with Crippen LogP contribution in [0, 0.1) is 5.92 Å². The molecule has 6 nitrogen and oxygen atoms in total. The Labute approximate surface area is 180 Å². The lowest BCUT2D eigenvalue weighted by atomic mass is 9.90. The van der Waals surface area contributed by atoms with Gasteiger partial charge in [0.25, 0.3) is 11.1 Å². The predicted octanol–water partition coefficient (Wildman–Crippen LogP) is 5.92. The number of benzene rings is 1. The second-order valence-electron chi connectivity index (χ2n) is 7.08. The lowest BCUT2D eigenvalue weighted by Crippen LogP contribution is -2.07. The molecule has 3 heterocycles. The van der Waals surface area contributed by atoms with E-state index in [1.165, 1.54) is 28.6 Å². The third-order valence-corrected chi connectivity index (χ3v) is 7.10. The Morgan fingerprint density at radius 3 is 2.79 bits per heavy atom. The van der Waals surface area contributed by atoms with E-state index in [1.807, 2.05) is 12.1 Å². The Hall–Kier alpha value is -2.16. The Balaban J connectivity index is 1.25. The van der Waals surface area contributed by atoms with Gasteiger partial charge in [-0.3, -0.25) is 0 Å². The van der Waals surface area contributed by atoms with Gasteiger partial charge in [0, 0.05) is 15.5 Å². The third kappa shape index (κ3) is 4.10. The van der Waals surface area contributed by atoms with E-state index in [-0.39, 0.29) is 0 Å². The summed E-state index contributed by atoms with van der Waals surface area (Å²) in [5.41, 5.74) is 2.26. The summed E-state index contributed by atoms with van der Waals surface area (Å²) < 4.78 is 11.6. The van der Waals surface area contributed by atoms with Crippen LogP contribution < -0.4 is 0 Å². The molecule has 3 aromatic heterocycles. The maximum atomic E-state index is 5.91. The fourth-order valence-electron chi connectivity index (χ4n) is 3.32. The molecule has 0 spiro atoms. The first kappa shape index (κ1) is 18.8. The van der Waals surface area contributed by atoms with E-state index in [0.717, 1.165) is 29.2 Å². The highest BCUT2D eigenvalue weighted by Crippen LogP contribution is 2.37. The SMILES string of the molecule is CC1CCc2sc(-c3nnc(SCc4nnc(-c5ccc(Cl)cc5)o4)o3)cc2C1. The van der Waals surface area contributed by atoms with Gasteiger partial charge in [-0.05, 0) is 61.1 Å². The minimum absolute atomic E-state index is 0.459. The van der Waals surface area contributed by atoms with Crippen molar-refractivity contribution in [2.24, 2.45) is 5.92 Å². The minimum Gasteiger partial charge on any atom is -0.420 e. The third-order valence-electron chi connectivity index (χ3n) is 4.82. The van der Waals surface area contributed by atoms with Gasteiger partial charge in [-0.15, -0.1) is 31.7 Å². The molecule has 0 N–H and O–H groups in total. The van der Waals surface area contributed by atoms with Crippen molar-refractivity contribution >= 4 is 34.7 Å². The van der Waals surface area contributed by atoms with Crippen LogP contribution in [0.5, 0.6) is 0 Å². The average Bonchev–Trinajstić information content (AvgIpc) is 3.45. The molecule has 0 amide bonds. The maximum absolute atomic E-state index is 5.91. The molecule has 1 unspecified atom stereocenters. The summed E-state index contributed by atoms with van der Waals surface area (Å²) in [5.74, 6) is 2.74. The molecule has 148 valence electrons. The van der Waals surface area contributed by atoms with Gasteiger partial charge in [0.2, 0.25) is 11.8 Å². The van der Waals surface area contributed by atoms with E-state index in [4.69, 9.17) is 20.4 Å². The minimum atomic E-state index is 0.459. The fraction of sp³-hybridized carbons (Fsp3) is 0.300. The summed E-state index contributed by atoms with van der Waals surface area (Å²) in [6.45, 7) is 2.30. The van der Waals surface area contributed by atoms with Crippen molar-refractivity contribution in [3.05, 3.63) is 51.7 Å². The molecule has 1 aliphatic rings. The molecule has 0 aliphatic heterocycles. The summed E-state index contributed by atoms with van der Waals surface area (Å²) in [6.07, 6.45) is 3.53. The van der Waals surface area contributed by atoms with Gasteiger partial charge in [-0.2, -0.15) is 0 Å². The molecule has 0 fully saturated rings. The summed E-state index contributed by atoms with van der Waals surface area (Å²) in [7, 11) is 0. The van der Waals surface area contributed by atoms with Crippen LogP contribution in [0.2, 0.25) is 5.02 Å². The number of aromatic nitrogens is 4. The van der Waals surface area contributed by atoms with Crippen LogP contribution in [0.4, 0.5) is 0 Å². The standard InChI is InChI=1S/C20H17ClN4O2S2/c1-11-2-7-15-13(8-11)9-16(29-15)19-24-25-20(27-19)28-10-17-22-23-18(26-17)12-3-5-14(21)6-4-12/h3-6,9,11H,2,7-8,10H2,1H3. The first-order valence-corrected chi connectivity index (χ1v) is 11.5. The van der Waals surface area contributed by atoms with E-state index >= 15 is 0 Å². The average molecular weight is 445 g/mol. The van der Waals surface area contributed by atoms with E-state index in [9.17, 15) is 0 Å². The van der Waals surface area contributed by atoms with Gasteiger partial charge in [-0.25, -0.2) is 0 Å². The highest BCUT2D eigenvalue weighted by atomic mass is 35.5. The number of thiophene rings is 1. The Kier molecular flexibility index (Phi) is 5.15. The number of hydrogen-bond acceptors (Lipinski definition) is 8. The van der Waals surface area contributed by atoms with Crippen molar-refractivity contribution in [2.75, 3.05) is 0 Å². The van der Waals surface area contributed by atoms with Crippen molar-refractivity contribution < 1.29 is 8.83 Å². The molecular formula is C20H17ClN4O2S2. The second kappa shape index (κ2) is 7.93. The number of halogens is 1.